The van der Waals surface area contributed by atoms with Gasteiger partial charge in [0.05, 0.1) is 6.04 Å². The zero-order valence-corrected chi connectivity index (χ0v) is 21.5. The molecule has 2 unspecified atom stereocenters. The van der Waals surface area contributed by atoms with Gasteiger partial charge in [-0.15, -0.1) is 0 Å². The third-order valence-electron chi connectivity index (χ3n) is 7.03. The molecule has 7 heteroatoms. The first-order valence-corrected chi connectivity index (χ1v) is 12.5. The maximum Gasteiger partial charge on any atom is 0.181 e. The van der Waals surface area contributed by atoms with Gasteiger partial charge in [0.1, 0.15) is 17.2 Å². The van der Waals surface area contributed by atoms with Crippen LogP contribution in [0.3, 0.4) is 0 Å². The van der Waals surface area contributed by atoms with Crippen LogP contribution in [-0.2, 0) is 12.0 Å². The van der Waals surface area contributed by atoms with Crippen molar-refractivity contribution in [1.82, 2.24) is 25.5 Å². The van der Waals surface area contributed by atoms with Gasteiger partial charge < -0.3 is 4.98 Å². The summed E-state index contributed by atoms with van der Waals surface area (Å²) in [4.78, 5) is 13.0. The molecule has 3 N–H and O–H groups in total. The van der Waals surface area contributed by atoms with Crippen LogP contribution < -0.4 is 5.32 Å². The Kier molecular flexibility index (Phi) is 6.72. The van der Waals surface area contributed by atoms with Gasteiger partial charge in [-0.25, -0.2) is 9.37 Å². The Labute approximate surface area is 216 Å². The lowest BCUT2D eigenvalue weighted by Gasteiger charge is -2.43. The number of H-pyrrole nitrogens is 2. The van der Waals surface area contributed by atoms with Crippen molar-refractivity contribution in [2.45, 2.75) is 38.8 Å². The van der Waals surface area contributed by atoms with E-state index in [9.17, 15) is 4.39 Å². The van der Waals surface area contributed by atoms with Gasteiger partial charge in [-0.3, -0.25) is 15.4 Å². The van der Waals surface area contributed by atoms with E-state index in [0.717, 1.165) is 33.7 Å². The van der Waals surface area contributed by atoms with Crippen LogP contribution in [-0.4, -0.2) is 33.4 Å². The molecule has 188 valence electrons. The first-order valence-electron chi connectivity index (χ1n) is 12.5. The number of fused-ring (bicyclic) bond motifs is 3. The average molecular weight is 495 g/mol. The second kappa shape index (κ2) is 10.1. The van der Waals surface area contributed by atoms with E-state index in [0.29, 0.717) is 12.2 Å². The third-order valence-corrected chi connectivity index (χ3v) is 7.03. The molecule has 2 aromatic heterocycles. The summed E-state index contributed by atoms with van der Waals surface area (Å²) in [7, 11) is 1.79. The smallest absolute Gasteiger partial charge is 0.181 e. The standard InChI is InChI=1S/C30H31FN6/c1-5-10-20(6-2)30(21(7-3)18-32-4)27-24(23-11-8-9-12-25(23)33-27)17-26(35-30)29-34-28(36-37-29)19-13-15-22(31)16-14-19/h5-16,18,26,33,35H,17H2,1-4H3,(H,34,36,37)/b10-5?,20-6?,21-7+,32-18?. The summed E-state index contributed by atoms with van der Waals surface area (Å²) in [6, 6.07) is 14.5. The number of aromatic amines is 2. The molecule has 3 heterocycles. The highest BCUT2D eigenvalue weighted by molar-refractivity contribution is 5.90. The molecular formula is C30H31FN6. The van der Waals surface area contributed by atoms with E-state index in [1.165, 1.54) is 23.1 Å². The molecule has 0 saturated carbocycles. The summed E-state index contributed by atoms with van der Waals surface area (Å²) in [5, 5.41) is 12.8. The number of allylic oxidation sites excluding steroid dienone is 3. The summed E-state index contributed by atoms with van der Waals surface area (Å²) in [5.74, 6) is 0.970. The monoisotopic (exact) mass is 494 g/mol. The number of hydrogen-bond acceptors (Lipinski definition) is 4. The van der Waals surface area contributed by atoms with Gasteiger partial charge in [-0.05, 0) is 74.2 Å². The topological polar surface area (TPSA) is 81.8 Å². The number of aromatic nitrogens is 4. The van der Waals surface area contributed by atoms with Gasteiger partial charge >= 0.3 is 0 Å². The van der Waals surface area contributed by atoms with Crippen LogP contribution in [0.4, 0.5) is 4.39 Å². The van der Waals surface area contributed by atoms with Gasteiger partial charge in [0, 0.05) is 35.4 Å². The fourth-order valence-corrected chi connectivity index (χ4v) is 5.41. The SMILES string of the molecule is CC=CC(=CC)C1(/C(C=NC)=C/C)NC(c2nc(-c3ccc(F)cc3)n[nH]2)Cc2c1[nH]c1ccccc21. The average Bonchev–Trinajstić information content (AvgIpc) is 3.56. The lowest BCUT2D eigenvalue weighted by atomic mass is 9.73. The fourth-order valence-electron chi connectivity index (χ4n) is 5.41. The second-order valence-corrected chi connectivity index (χ2v) is 9.10. The molecule has 5 rings (SSSR count). The van der Waals surface area contributed by atoms with Crippen LogP contribution in [0.5, 0.6) is 0 Å². The van der Waals surface area contributed by atoms with Crippen molar-refractivity contribution in [3.63, 3.8) is 0 Å². The Morgan fingerprint density at radius 1 is 1.05 bits per heavy atom. The summed E-state index contributed by atoms with van der Waals surface area (Å²) in [6.45, 7) is 6.12. The van der Waals surface area contributed by atoms with Crippen molar-refractivity contribution < 1.29 is 4.39 Å². The zero-order chi connectivity index (χ0) is 26.0. The lowest BCUT2D eigenvalue weighted by molar-refractivity contribution is 0.352. The van der Waals surface area contributed by atoms with E-state index in [1.54, 1.807) is 19.2 Å². The number of hydrogen-bond donors (Lipinski definition) is 3. The highest BCUT2D eigenvalue weighted by atomic mass is 19.1. The molecule has 2 atom stereocenters. The van der Waals surface area contributed by atoms with Crippen molar-refractivity contribution in [3.8, 4) is 11.4 Å². The van der Waals surface area contributed by atoms with E-state index in [2.05, 4.69) is 81.0 Å². The van der Waals surface area contributed by atoms with Gasteiger partial charge in [-0.1, -0.05) is 42.5 Å². The molecule has 6 nitrogen and oxygen atoms in total. The highest BCUT2D eigenvalue weighted by Crippen LogP contribution is 2.46. The Hall–Kier alpha value is -4.10. The van der Waals surface area contributed by atoms with Crippen molar-refractivity contribution in [3.05, 3.63) is 107 Å². The zero-order valence-electron chi connectivity index (χ0n) is 21.5. The second-order valence-electron chi connectivity index (χ2n) is 9.10. The number of benzene rings is 2. The van der Waals surface area contributed by atoms with Crippen LogP contribution >= 0.6 is 0 Å². The Morgan fingerprint density at radius 3 is 2.51 bits per heavy atom. The van der Waals surface area contributed by atoms with Crippen LogP contribution in [0.2, 0.25) is 0 Å². The number of halogens is 1. The molecule has 37 heavy (non-hydrogen) atoms. The molecule has 0 radical (unpaired) electrons. The molecule has 1 aliphatic heterocycles. The summed E-state index contributed by atoms with van der Waals surface area (Å²) < 4.78 is 13.5. The van der Waals surface area contributed by atoms with E-state index < -0.39 is 5.54 Å². The molecule has 0 aliphatic carbocycles. The molecule has 0 saturated heterocycles. The van der Waals surface area contributed by atoms with Crippen molar-refractivity contribution in [2.75, 3.05) is 7.05 Å². The molecule has 0 spiro atoms. The molecule has 1 aliphatic rings. The first-order chi connectivity index (χ1) is 18.0. The fraction of sp³-hybridized carbons (Fsp3) is 0.233. The van der Waals surface area contributed by atoms with Gasteiger partial charge in [0.25, 0.3) is 0 Å². The van der Waals surface area contributed by atoms with Crippen LogP contribution in [0.1, 0.15) is 43.9 Å². The molecular weight excluding hydrogens is 463 g/mol. The van der Waals surface area contributed by atoms with E-state index in [1.807, 2.05) is 20.1 Å². The Morgan fingerprint density at radius 2 is 1.81 bits per heavy atom. The Balaban J connectivity index is 1.73. The maximum absolute atomic E-state index is 13.5. The third kappa shape index (κ3) is 4.15. The number of aliphatic imine (C=N–C) groups is 1. The van der Waals surface area contributed by atoms with Crippen LogP contribution in [0.15, 0.2) is 89.0 Å². The van der Waals surface area contributed by atoms with Gasteiger partial charge in [-0.2, -0.15) is 5.10 Å². The predicted octanol–water partition coefficient (Wildman–Crippen LogP) is 6.34. The van der Waals surface area contributed by atoms with Crippen molar-refractivity contribution in [2.24, 2.45) is 4.99 Å². The van der Waals surface area contributed by atoms with Crippen molar-refractivity contribution >= 4 is 17.1 Å². The molecule has 0 amide bonds. The largest absolute Gasteiger partial charge is 0.356 e. The summed E-state index contributed by atoms with van der Waals surface area (Å²) in [6.07, 6.45) is 11.1. The van der Waals surface area contributed by atoms with Gasteiger partial charge in [0.15, 0.2) is 5.82 Å². The molecule has 0 fully saturated rings. The van der Waals surface area contributed by atoms with E-state index >= 15 is 0 Å². The highest BCUT2D eigenvalue weighted by Gasteiger charge is 2.47. The van der Waals surface area contributed by atoms with Crippen molar-refractivity contribution in [1.29, 1.82) is 0 Å². The normalized spacial score (nSPS) is 20.8. The predicted molar refractivity (Wildman–Crippen MR) is 148 cm³/mol. The maximum atomic E-state index is 13.5. The first kappa shape index (κ1) is 24.6. The van der Waals surface area contributed by atoms with Crippen LogP contribution in [0, 0.1) is 5.82 Å². The number of rotatable bonds is 6. The molecule has 0 bridgehead atoms. The molecule has 4 aromatic rings. The minimum absolute atomic E-state index is 0.172. The van der Waals surface area contributed by atoms with Gasteiger partial charge in [0.2, 0.25) is 0 Å². The van der Waals surface area contributed by atoms with Crippen LogP contribution in [0.25, 0.3) is 22.3 Å². The Bertz CT molecular complexity index is 1510. The molecule has 2 aromatic carbocycles. The minimum atomic E-state index is -0.699. The summed E-state index contributed by atoms with van der Waals surface area (Å²) in [5.41, 5.74) is 5.60. The lowest BCUT2D eigenvalue weighted by Crippen LogP contribution is -2.52. The minimum Gasteiger partial charge on any atom is -0.356 e. The summed E-state index contributed by atoms with van der Waals surface area (Å²) >= 11 is 0. The number of para-hydroxylation sites is 1. The number of nitrogens with zero attached hydrogens (tertiary/aromatic N) is 3. The van der Waals surface area contributed by atoms with E-state index in [4.69, 9.17) is 4.98 Å². The van der Waals surface area contributed by atoms with E-state index in [-0.39, 0.29) is 11.9 Å². The number of nitrogens with one attached hydrogen (secondary N) is 3. The quantitative estimate of drug-likeness (QED) is 0.216.